The molecule has 118 valence electrons. The Morgan fingerprint density at radius 2 is 1.90 bits per heavy atom. The van der Waals surface area contributed by atoms with Crippen LogP contribution in [0.5, 0.6) is 5.75 Å². The molecule has 1 atom stereocenters. The lowest BCUT2D eigenvalue weighted by Gasteiger charge is -2.17. The van der Waals surface area contributed by atoms with Gasteiger partial charge in [-0.05, 0) is 44.0 Å². The highest BCUT2D eigenvalue weighted by atomic mass is 16.5. The van der Waals surface area contributed by atoms with E-state index in [9.17, 15) is 4.79 Å². The first-order valence-corrected chi connectivity index (χ1v) is 7.94. The zero-order valence-corrected chi connectivity index (χ0v) is 13.4. The second-order valence-electron chi connectivity index (χ2n) is 5.04. The summed E-state index contributed by atoms with van der Waals surface area (Å²) >= 11 is 0. The molecule has 0 aliphatic heterocycles. The average molecular weight is 292 g/mol. The first kappa shape index (κ1) is 17.5. The van der Waals surface area contributed by atoms with Gasteiger partial charge in [-0.3, -0.25) is 4.79 Å². The van der Waals surface area contributed by atoms with Crippen LogP contribution in [0.15, 0.2) is 24.3 Å². The molecule has 2 N–H and O–H groups in total. The number of nitrogens with one attached hydrogen (secondary N) is 2. The van der Waals surface area contributed by atoms with Crippen LogP contribution in [0.2, 0.25) is 0 Å². The smallest absolute Gasteiger partial charge is 0.223 e. The number of hydrogen-bond donors (Lipinski definition) is 2. The van der Waals surface area contributed by atoms with Gasteiger partial charge in [0.15, 0.2) is 0 Å². The molecule has 1 amide bonds. The summed E-state index contributed by atoms with van der Waals surface area (Å²) in [4.78, 5) is 11.3. The zero-order chi connectivity index (χ0) is 15.5. The highest BCUT2D eigenvalue weighted by Gasteiger charge is 2.08. The van der Waals surface area contributed by atoms with Gasteiger partial charge in [-0.2, -0.15) is 0 Å². The summed E-state index contributed by atoms with van der Waals surface area (Å²) in [6.45, 7) is 8.38. The average Bonchev–Trinajstić information content (AvgIpc) is 2.50. The molecule has 0 saturated carbocycles. The van der Waals surface area contributed by atoms with Crippen LogP contribution in [-0.2, 0) is 4.79 Å². The maximum atomic E-state index is 11.3. The van der Waals surface area contributed by atoms with E-state index in [0.717, 1.165) is 25.1 Å². The zero-order valence-electron chi connectivity index (χ0n) is 13.4. The van der Waals surface area contributed by atoms with Gasteiger partial charge in [0, 0.05) is 12.6 Å². The molecule has 0 aliphatic rings. The van der Waals surface area contributed by atoms with Gasteiger partial charge in [0.05, 0.1) is 13.0 Å². The monoisotopic (exact) mass is 292 g/mol. The minimum Gasteiger partial charge on any atom is -0.493 e. The van der Waals surface area contributed by atoms with Crippen molar-refractivity contribution in [2.75, 3.05) is 19.7 Å². The molecule has 1 aromatic rings. The van der Waals surface area contributed by atoms with Gasteiger partial charge in [-0.15, -0.1) is 0 Å². The Morgan fingerprint density at radius 3 is 2.48 bits per heavy atom. The number of ether oxygens (including phenoxy) is 1. The maximum absolute atomic E-state index is 11.3. The topological polar surface area (TPSA) is 50.4 Å². The summed E-state index contributed by atoms with van der Waals surface area (Å²) in [5.74, 6) is 0.845. The predicted molar refractivity (Wildman–Crippen MR) is 86.6 cm³/mol. The van der Waals surface area contributed by atoms with Crippen LogP contribution in [0.25, 0.3) is 0 Å². The summed E-state index contributed by atoms with van der Waals surface area (Å²) in [5.41, 5.74) is 1.28. The Bertz CT molecular complexity index is 404. The summed E-state index contributed by atoms with van der Waals surface area (Å²) in [6.07, 6.45) is 2.60. The summed E-state index contributed by atoms with van der Waals surface area (Å²) in [6, 6.07) is 8.54. The molecule has 0 heterocycles. The molecule has 1 unspecified atom stereocenters. The highest BCUT2D eigenvalue weighted by Crippen LogP contribution is 2.20. The fraction of sp³-hybridized carbons (Fsp3) is 0.588. The second kappa shape index (κ2) is 10.2. The number of amides is 1. The van der Waals surface area contributed by atoms with Crippen molar-refractivity contribution in [2.24, 2.45) is 0 Å². The van der Waals surface area contributed by atoms with Crippen LogP contribution in [0.4, 0.5) is 0 Å². The highest BCUT2D eigenvalue weighted by molar-refractivity contribution is 5.75. The number of carbonyl (C=O) groups is 1. The van der Waals surface area contributed by atoms with Gasteiger partial charge in [0.25, 0.3) is 0 Å². The minimum atomic E-state index is 0.0314. The van der Waals surface area contributed by atoms with E-state index in [2.05, 4.69) is 36.6 Å². The Kier molecular flexibility index (Phi) is 8.51. The van der Waals surface area contributed by atoms with Crippen LogP contribution in [0.1, 0.15) is 51.6 Å². The molecule has 4 nitrogen and oxygen atoms in total. The SMILES string of the molecule is CCCNC(CC)c1ccc(OCCC(=O)NCC)cc1. The molecule has 4 heteroatoms. The van der Waals surface area contributed by atoms with Crippen molar-refractivity contribution in [3.8, 4) is 5.75 Å². The van der Waals surface area contributed by atoms with Crippen LogP contribution < -0.4 is 15.4 Å². The molecule has 0 spiro atoms. The van der Waals surface area contributed by atoms with E-state index >= 15 is 0 Å². The molecule has 21 heavy (non-hydrogen) atoms. The van der Waals surface area contributed by atoms with Crippen molar-refractivity contribution in [1.82, 2.24) is 10.6 Å². The van der Waals surface area contributed by atoms with Crippen molar-refractivity contribution in [1.29, 1.82) is 0 Å². The fourth-order valence-electron chi connectivity index (χ4n) is 2.16. The van der Waals surface area contributed by atoms with Crippen molar-refractivity contribution in [3.63, 3.8) is 0 Å². The van der Waals surface area contributed by atoms with E-state index in [1.807, 2.05) is 19.1 Å². The third kappa shape index (κ3) is 6.63. The maximum Gasteiger partial charge on any atom is 0.223 e. The van der Waals surface area contributed by atoms with Crippen LogP contribution >= 0.6 is 0 Å². The molecule has 1 aromatic carbocycles. The molecular weight excluding hydrogens is 264 g/mol. The van der Waals surface area contributed by atoms with Crippen LogP contribution in [-0.4, -0.2) is 25.6 Å². The van der Waals surface area contributed by atoms with Crippen LogP contribution in [0.3, 0.4) is 0 Å². The number of rotatable bonds is 10. The van der Waals surface area contributed by atoms with Gasteiger partial charge in [0.1, 0.15) is 5.75 Å². The molecule has 0 fully saturated rings. The molecule has 0 saturated heterocycles. The van der Waals surface area contributed by atoms with Gasteiger partial charge in [-0.1, -0.05) is 26.0 Å². The molecule has 0 aliphatic carbocycles. The Morgan fingerprint density at radius 1 is 1.19 bits per heavy atom. The largest absolute Gasteiger partial charge is 0.493 e. The van der Waals surface area contributed by atoms with Gasteiger partial charge < -0.3 is 15.4 Å². The van der Waals surface area contributed by atoms with Crippen molar-refractivity contribution in [2.45, 2.75) is 46.1 Å². The molecule has 1 rings (SSSR count). The molecular formula is C17H28N2O2. The van der Waals surface area contributed by atoms with E-state index < -0.39 is 0 Å². The molecule has 0 bridgehead atoms. The number of benzene rings is 1. The third-order valence-electron chi connectivity index (χ3n) is 3.30. The lowest BCUT2D eigenvalue weighted by Crippen LogP contribution is -2.24. The molecule has 0 radical (unpaired) electrons. The van der Waals surface area contributed by atoms with E-state index in [-0.39, 0.29) is 5.91 Å². The quantitative estimate of drug-likeness (QED) is 0.697. The van der Waals surface area contributed by atoms with E-state index in [4.69, 9.17) is 4.74 Å². The third-order valence-corrected chi connectivity index (χ3v) is 3.30. The molecule has 0 aromatic heterocycles. The van der Waals surface area contributed by atoms with E-state index in [0.29, 0.717) is 25.6 Å². The van der Waals surface area contributed by atoms with Crippen LogP contribution in [0, 0.1) is 0 Å². The number of carbonyl (C=O) groups excluding carboxylic acids is 1. The normalized spacial score (nSPS) is 12.0. The predicted octanol–water partition coefficient (Wildman–Crippen LogP) is 3.04. The van der Waals surface area contributed by atoms with Crippen molar-refractivity contribution in [3.05, 3.63) is 29.8 Å². The van der Waals surface area contributed by atoms with Gasteiger partial charge in [-0.25, -0.2) is 0 Å². The van der Waals surface area contributed by atoms with Crippen molar-refractivity contribution < 1.29 is 9.53 Å². The standard InChI is InChI=1S/C17H28N2O2/c1-4-12-19-16(5-2)14-7-9-15(10-8-14)21-13-11-17(20)18-6-3/h7-10,16,19H,4-6,11-13H2,1-3H3,(H,18,20). The Balaban J connectivity index is 2.43. The van der Waals surface area contributed by atoms with Gasteiger partial charge in [0.2, 0.25) is 5.91 Å². The number of hydrogen-bond acceptors (Lipinski definition) is 3. The minimum absolute atomic E-state index is 0.0314. The van der Waals surface area contributed by atoms with Gasteiger partial charge >= 0.3 is 0 Å². The van der Waals surface area contributed by atoms with E-state index in [1.165, 1.54) is 5.56 Å². The summed E-state index contributed by atoms with van der Waals surface area (Å²) in [7, 11) is 0. The lowest BCUT2D eigenvalue weighted by molar-refractivity contribution is -0.121. The first-order chi connectivity index (χ1) is 10.2. The van der Waals surface area contributed by atoms with Crippen molar-refractivity contribution >= 4 is 5.91 Å². The Labute approximate surface area is 128 Å². The Hall–Kier alpha value is -1.55. The summed E-state index contributed by atoms with van der Waals surface area (Å²) in [5, 5.41) is 6.29. The summed E-state index contributed by atoms with van der Waals surface area (Å²) < 4.78 is 5.59. The first-order valence-electron chi connectivity index (χ1n) is 7.94. The lowest BCUT2D eigenvalue weighted by atomic mass is 10.0. The second-order valence-corrected chi connectivity index (χ2v) is 5.04. The fourth-order valence-corrected chi connectivity index (χ4v) is 2.16. The van der Waals surface area contributed by atoms with E-state index in [1.54, 1.807) is 0 Å².